The van der Waals surface area contributed by atoms with E-state index in [1.165, 1.54) is 5.56 Å². The number of nitrogens with zero attached hydrogens (tertiary/aromatic N) is 1. The first kappa shape index (κ1) is 11.7. The van der Waals surface area contributed by atoms with E-state index in [2.05, 4.69) is 44.3 Å². The summed E-state index contributed by atoms with van der Waals surface area (Å²) in [5.41, 5.74) is 8.93. The largest absolute Gasteiger partial charge is 0.382 e. The van der Waals surface area contributed by atoms with E-state index >= 15 is 0 Å². The van der Waals surface area contributed by atoms with Gasteiger partial charge in [-0.25, -0.2) is 0 Å². The Kier molecular flexibility index (Phi) is 3.09. The quantitative estimate of drug-likeness (QED) is 0.896. The minimum atomic E-state index is 0.500. The molecule has 4 nitrogen and oxygen atoms in total. The summed E-state index contributed by atoms with van der Waals surface area (Å²) >= 11 is 3.64. The maximum atomic E-state index is 5.61. The molecule has 0 amide bonds. The van der Waals surface area contributed by atoms with Crippen LogP contribution in [0.4, 0.5) is 5.82 Å². The fourth-order valence-corrected chi connectivity index (χ4v) is 2.99. The summed E-state index contributed by atoms with van der Waals surface area (Å²) in [5.74, 6) is 1.01. The van der Waals surface area contributed by atoms with Gasteiger partial charge in [0.1, 0.15) is 5.82 Å². The Morgan fingerprint density at radius 1 is 1.39 bits per heavy atom. The summed E-state index contributed by atoms with van der Waals surface area (Å²) in [6.45, 7) is 1.67. The molecule has 5 heteroatoms. The van der Waals surface area contributed by atoms with Crippen LogP contribution >= 0.6 is 15.9 Å². The van der Waals surface area contributed by atoms with Crippen LogP contribution in [0.1, 0.15) is 17.9 Å². The Labute approximate surface area is 114 Å². The van der Waals surface area contributed by atoms with E-state index in [0.717, 1.165) is 35.4 Å². The smallest absolute Gasteiger partial charge is 0.145 e. The fourth-order valence-electron chi connectivity index (χ4n) is 2.29. The molecule has 2 heterocycles. The topological polar surface area (TPSA) is 63.9 Å². The second kappa shape index (κ2) is 4.74. The van der Waals surface area contributed by atoms with Gasteiger partial charge in [0.05, 0.1) is 12.3 Å². The molecule has 94 valence electrons. The molecule has 1 aliphatic rings. The first-order valence-corrected chi connectivity index (χ1v) is 6.72. The molecule has 0 spiro atoms. The summed E-state index contributed by atoms with van der Waals surface area (Å²) in [7, 11) is 0. The second-order valence-electron chi connectivity index (χ2n) is 4.50. The number of ether oxygens (including phenoxy) is 1. The lowest BCUT2D eigenvalue weighted by atomic mass is 9.97. The minimum Gasteiger partial charge on any atom is -0.382 e. The molecule has 1 unspecified atom stereocenters. The van der Waals surface area contributed by atoms with Gasteiger partial charge in [-0.2, -0.15) is 5.10 Å². The molecule has 0 radical (unpaired) electrons. The van der Waals surface area contributed by atoms with Crippen LogP contribution in [0.5, 0.6) is 0 Å². The van der Waals surface area contributed by atoms with Crippen molar-refractivity contribution in [2.45, 2.75) is 12.3 Å². The van der Waals surface area contributed by atoms with Crippen molar-refractivity contribution >= 4 is 21.7 Å². The number of rotatable bonds is 2. The number of aromatic nitrogens is 2. The third-order valence-corrected chi connectivity index (χ3v) is 3.97. The van der Waals surface area contributed by atoms with E-state index in [9.17, 15) is 0 Å². The first-order valence-electron chi connectivity index (χ1n) is 5.92. The fraction of sp³-hybridized carbons (Fsp3) is 0.308. The van der Waals surface area contributed by atoms with Crippen LogP contribution in [-0.2, 0) is 4.74 Å². The van der Waals surface area contributed by atoms with E-state index in [1.54, 1.807) is 0 Å². The highest BCUT2D eigenvalue weighted by molar-refractivity contribution is 9.10. The average Bonchev–Trinajstić information content (AvgIpc) is 2.99. The number of H-pyrrole nitrogens is 1. The number of halogens is 1. The van der Waals surface area contributed by atoms with Crippen molar-refractivity contribution in [3.05, 3.63) is 34.3 Å². The number of aromatic amines is 1. The molecule has 1 saturated heterocycles. The zero-order valence-corrected chi connectivity index (χ0v) is 11.4. The molecule has 1 aromatic heterocycles. The molecule has 1 aliphatic heterocycles. The summed E-state index contributed by atoms with van der Waals surface area (Å²) in [5, 5.41) is 6.86. The van der Waals surface area contributed by atoms with Crippen molar-refractivity contribution in [1.82, 2.24) is 10.2 Å². The molecule has 2 aromatic rings. The number of nitrogen functional groups attached to an aromatic ring is 1. The van der Waals surface area contributed by atoms with E-state index in [0.29, 0.717) is 11.7 Å². The van der Waals surface area contributed by atoms with Crippen molar-refractivity contribution in [2.75, 3.05) is 18.9 Å². The third-order valence-electron chi connectivity index (χ3n) is 3.28. The van der Waals surface area contributed by atoms with Gasteiger partial charge in [-0.15, -0.1) is 0 Å². The first-order chi connectivity index (χ1) is 8.74. The predicted molar refractivity (Wildman–Crippen MR) is 74.3 cm³/mol. The molecule has 0 saturated carbocycles. The average molecular weight is 308 g/mol. The number of anilines is 1. The number of hydrogen-bond acceptors (Lipinski definition) is 3. The third kappa shape index (κ3) is 2.15. The van der Waals surface area contributed by atoms with Crippen molar-refractivity contribution in [3.8, 4) is 11.3 Å². The van der Waals surface area contributed by atoms with Crippen molar-refractivity contribution in [3.63, 3.8) is 0 Å². The molecule has 1 aromatic carbocycles. The second-order valence-corrected chi connectivity index (χ2v) is 5.36. The molecular formula is C13H14BrN3O. The van der Waals surface area contributed by atoms with Gasteiger partial charge in [0.15, 0.2) is 0 Å². The van der Waals surface area contributed by atoms with Crippen molar-refractivity contribution in [2.24, 2.45) is 0 Å². The summed E-state index contributed by atoms with van der Waals surface area (Å²) < 4.78 is 6.55. The molecule has 1 fully saturated rings. The zero-order chi connectivity index (χ0) is 12.5. The van der Waals surface area contributed by atoms with E-state index in [4.69, 9.17) is 10.5 Å². The van der Waals surface area contributed by atoms with Gasteiger partial charge >= 0.3 is 0 Å². The van der Waals surface area contributed by atoms with Crippen LogP contribution in [-0.4, -0.2) is 23.4 Å². The van der Waals surface area contributed by atoms with Crippen molar-refractivity contribution in [1.29, 1.82) is 0 Å². The van der Waals surface area contributed by atoms with E-state index in [-0.39, 0.29) is 0 Å². The lowest BCUT2D eigenvalue weighted by Gasteiger charge is -2.11. The van der Waals surface area contributed by atoms with Gasteiger partial charge < -0.3 is 10.5 Å². The van der Waals surface area contributed by atoms with Crippen LogP contribution < -0.4 is 5.73 Å². The predicted octanol–water partition coefficient (Wildman–Crippen LogP) is 2.93. The Balaban J connectivity index is 1.93. The summed E-state index contributed by atoms with van der Waals surface area (Å²) in [6, 6.07) is 8.17. The maximum Gasteiger partial charge on any atom is 0.145 e. The monoisotopic (exact) mass is 307 g/mol. The van der Waals surface area contributed by atoms with Crippen LogP contribution in [0.15, 0.2) is 28.7 Å². The van der Waals surface area contributed by atoms with Gasteiger partial charge in [-0.05, 0) is 18.1 Å². The summed E-state index contributed by atoms with van der Waals surface area (Å²) in [6.07, 6.45) is 1.09. The van der Waals surface area contributed by atoms with Crippen LogP contribution in [0, 0.1) is 0 Å². The Morgan fingerprint density at radius 3 is 2.89 bits per heavy atom. The number of benzene rings is 1. The van der Waals surface area contributed by atoms with Crippen LogP contribution in [0.2, 0.25) is 0 Å². The Morgan fingerprint density at radius 2 is 2.28 bits per heavy atom. The molecule has 1 atom stereocenters. The minimum absolute atomic E-state index is 0.500. The normalized spacial score (nSPS) is 19.3. The number of hydrogen-bond donors (Lipinski definition) is 2. The molecular weight excluding hydrogens is 294 g/mol. The number of nitrogens with one attached hydrogen (secondary N) is 1. The molecule has 3 N–H and O–H groups in total. The van der Waals surface area contributed by atoms with Gasteiger partial charge in [-0.3, -0.25) is 5.10 Å². The van der Waals surface area contributed by atoms with Gasteiger partial charge in [0.2, 0.25) is 0 Å². The lowest BCUT2D eigenvalue weighted by molar-refractivity contribution is 0.194. The highest BCUT2D eigenvalue weighted by Gasteiger charge is 2.20. The lowest BCUT2D eigenvalue weighted by Crippen LogP contribution is -1.98. The molecule has 0 aliphatic carbocycles. The highest BCUT2D eigenvalue weighted by atomic mass is 79.9. The molecule has 18 heavy (non-hydrogen) atoms. The van der Waals surface area contributed by atoms with Gasteiger partial charge in [0.25, 0.3) is 0 Å². The maximum absolute atomic E-state index is 5.61. The van der Waals surface area contributed by atoms with E-state index in [1.807, 2.05) is 6.07 Å². The van der Waals surface area contributed by atoms with Gasteiger partial charge in [0, 0.05) is 28.6 Å². The molecule has 3 rings (SSSR count). The van der Waals surface area contributed by atoms with Crippen molar-refractivity contribution < 1.29 is 4.74 Å². The Hall–Kier alpha value is -1.33. The number of nitrogens with two attached hydrogens (primary N) is 1. The van der Waals surface area contributed by atoms with Gasteiger partial charge in [-0.1, -0.05) is 28.1 Å². The highest BCUT2D eigenvalue weighted by Crippen LogP contribution is 2.33. The summed E-state index contributed by atoms with van der Waals surface area (Å²) in [4.78, 5) is 0. The van der Waals surface area contributed by atoms with Crippen LogP contribution in [0.3, 0.4) is 0 Å². The SMILES string of the molecule is Nc1cc(-c2ccc(C3CCOC3)c(Br)c2)[nH]n1. The Bertz CT molecular complexity index is 561. The van der Waals surface area contributed by atoms with E-state index < -0.39 is 0 Å². The zero-order valence-electron chi connectivity index (χ0n) is 9.82. The standard InChI is InChI=1S/C13H14BrN3O/c14-11-5-8(12-6-13(15)17-16-12)1-2-10(11)9-3-4-18-7-9/h1-2,5-6,9H,3-4,7H2,(H3,15,16,17). The molecule has 0 bridgehead atoms. The van der Waals surface area contributed by atoms with Crippen LogP contribution in [0.25, 0.3) is 11.3 Å².